The SMILES string of the molecule is CC/C=C\C1=C(C)c2ccc(N(c3ccc(-c4ccc(C5c6ccccc6-c6ccccc65)cc4)cc3)c3cccc4ccccc34)cc2C1(C)C. The van der Waals surface area contributed by atoms with Gasteiger partial charge in [0.15, 0.2) is 0 Å². The molecule has 0 amide bonds. The summed E-state index contributed by atoms with van der Waals surface area (Å²) >= 11 is 0. The van der Waals surface area contributed by atoms with Crippen molar-refractivity contribution in [1.82, 2.24) is 0 Å². The van der Waals surface area contributed by atoms with Gasteiger partial charge in [-0.25, -0.2) is 0 Å². The van der Waals surface area contributed by atoms with E-state index in [2.05, 4.69) is 202 Å². The Labute approximate surface area is 308 Å². The van der Waals surface area contributed by atoms with E-state index in [1.165, 1.54) is 83.4 Å². The maximum absolute atomic E-state index is 2.44. The zero-order valence-corrected chi connectivity index (χ0v) is 30.4. The highest BCUT2D eigenvalue weighted by Gasteiger charge is 2.35. The lowest BCUT2D eigenvalue weighted by Gasteiger charge is -2.29. The van der Waals surface area contributed by atoms with Gasteiger partial charge >= 0.3 is 0 Å². The van der Waals surface area contributed by atoms with E-state index in [4.69, 9.17) is 0 Å². The molecule has 0 fully saturated rings. The minimum absolute atomic E-state index is 0.0792. The van der Waals surface area contributed by atoms with Gasteiger partial charge < -0.3 is 4.90 Å². The molecule has 52 heavy (non-hydrogen) atoms. The van der Waals surface area contributed by atoms with Gasteiger partial charge in [-0.1, -0.05) is 160 Å². The second-order valence-corrected chi connectivity index (χ2v) is 14.8. The molecule has 9 rings (SSSR count). The van der Waals surface area contributed by atoms with E-state index in [-0.39, 0.29) is 11.3 Å². The van der Waals surface area contributed by atoms with Gasteiger partial charge in [-0.2, -0.15) is 0 Å². The van der Waals surface area contributed by atoms with Crippen molar-refractivity contribution in [1.29, 1.82) is 0 Å². The first-order chi connectivity index (χ1) is 25.4. The molecule has 0 bridgehead atoms. The van der Waals surface area contributed by atoms with Crippen LogP contribution in [0.3, 0.4) is 0 Å². The van der Waals surface area contributed by atoms with Crippen LogP contribution in [0.4, 0.5) is 17.1 Å². The molecule has 0 atom stereocenters. The van der Waals surface area contributed by atoms with Gasteiger partial charge in [-0.15, -0.1) is 0 Å². The first kappa shape index (κ1) is 32.0. The maximum atomic E-state index is 2.44. The Morgan fingerprint density at radius 3 is 1.88 bits per heavy atom. The number of nitrogens with zero attached hydrogens (tertiary/aromatic N) is 1. The predicted molar refractivity (Wildman–Crippen MR) is 222 cm³/mol. The molecule has 252 valence electrons. The highest BCUT2D eigenvalue weighted by molar-refractivity contribution is 5.99. The first-order valence-corrected chi connectivity index (χ1v) is 18.6. The molecule has 0 aliphatic heterocycles. The minimum Gasteiger partial charge on any atom is -0.310 e. The van der Waals surface area contributed by atoms with Crippen molar-refractivity contribution in [2.24, 2.45) is 0 Å². The lowest BCUT2D eigenvalue weighted by Crippen LogP contribution is -2.17. The van der Waals surface area contributed by atoms with Crippen molar-refractivity contribution in [3.8, 4) is 22.3 Å². The molecule has 0 aromatic heterocycles. The quantitative estimate of drug-likeness (QED) is 0.163. The molecule has 0 unspecified atom stereocenters. The Morgan fingerprint density at radius 2 is 1.19 bits per heavy atom. The van der Waals surface area contributed by atoms with Crippen LogP contribution in [0.2, 0.25) is 0 Å². The van der Waals surface area contributed by atoms with Crippen molar-refractivity contribution < 1.29 is 0 Å². The summed E-state index contributed by atoms with van der Waals surface area (Å²) in [6.07, 6.45) is 5.67. The molecule has 0 spiro atoms. The predicted octanol–water partition coefficient (Wildman–Crippen LogP) is 14.2. The zero-order valence-electron chi connectivity index (χ0n) is 30.4. The third-order valence-electron chi connectivity index (χ3n) is 11.5. The van der Waals surface area contributed by atoms with Crippen molar-refractivity contribution in [3.63, 3.8) is 0 Å². The molecular formula is C51H43N. The van der Waals surface area contributed by atoms with Gasteiger partial charge in [0, 0.05) is 28.1 Å². The third kappa shape index (κ3) is 5.15. The van der Waals surface area contributed by atoms with Crippen molar-refractivity contribution in [2.45, 2.75) is 45.4 Å². The monoisotopic (exact) mass is 669 g/mol. The highest BCUT2D eigenvalue weighted by atomic mass is 15.1. The molecule has 0 saturated heterocycles. The van der Waals surface area contributed by atoms with Gasteiger partial charge in [-0.05, 0) is 110 Å². The summed E-state index contributed by atoms with van der Waals surface area (Å²) in [7, 11) is 0. The molecule has 7 aromatic carbocycles. The summed E-state index contributed by atoms with van der Waals surface area (Å²) in [5.74, 6) is 0.258. The van der Waals surface area contributed by atoms with Gasteiger partial charge in [0.05, 0.1) is 5.69 Å². The van der Waals surface area contributed by atoms with Gasteiger partial charge in [0.2, 0.25) is 0 Å². The topological polar surface area (TPSA) is 3.24 Å². The molecule has 7 aromatic rings. The third-order valence-corrected chi connectivity index (χ3v) is 11.5. The summed E-state index contributed by atoms with van der Waals surface area (Å²) in [6.45, 7) is 9.22. The van der Waals surface area contributed by atoms with E-state index in [1.807, 2.05) is 0 Å². The lowest BCUT2D eigenvalue weighted by atomic mass is 9.80. The van der Waals surface area contributed by atoms with Crippen molar-refractivity contribution in [2.75, 3.05) is 4.90 Å². The maximum Gasteiger partial charge on any atom is 0.0540 e. The number of hydrogen-bond acceptors (Lipinski definition) is 1. The van der Waals surface area contributed by atoms with E-state index >= 15 is 0 Å². The van der Waals surface area contributed by atoms with Crippen LogP contribution in [0.25, 0.3) is 38.6 Å². The molecule has 2 aliphatic carbocycles. The number of rotatable bonds is 7. The van der Waals surface area contributed by atoms with Crippen LogP contribution in [0.1, 0.15) is 67.9 Å². The fourth-order valence-corrected chi connectivity index (χ4v) is 8.86. The average Bonchev–Trinajstić information content (AvgIpc) is 3.62. The van der Waals surface area contributed by atoms with Crippen LogP contribution in [0, 0.1) is 0 Å². The van der Waals surface area contributed by atoms with E-state index in [1.54, 1.807) is 0 Å². The Bertz CT molecular complexity index is 2480. The van der Waals surface area contributed by atoms with Crippen LogP contribution in [-0.2, 0) is 5.41 Å². The van der Waals surface area contributed by atoms with Crippen LogP contribution in [-0.4, -0.2) is 0 Å². The second kappa shape index (κ2) is 12.7. The number of anilines is 3. The first-order valence-electron chi connectivity index (χ1n) is 18.6. The molecule has 0 heterocycles. The number of fused-ring (bicyclic) bond motifs is 5. The summed E-state index contributed by atoms with van der Waals surface area (Å²) in [5, 5.41) is 2.47. The standard InChI is InChI=1S/C51H43N/c1-5-6-21-47-34(2)41-32-31-40(33-48(41)51(47,3)4)52(49-22-13-15-37-14-7-8-16-42(37)49)39-29-27-36(28-30-39)35-23-25-38(26-24-35)50-45-19-11-9-17-43(45)44-18-10-12-20-46(44)50/h6-33,50H,5H2,1-4H3/b21-6-. The van der Waals surface area contributed by atoms with E-state index in [0.29, 0.717) is 0 Å². The molecule has 0 N–H and O–H groups in total. The normalized spacial score (nSPS) is 14.5. The zero-order chi connectivity index (χ0) is 35.4. The summed E-state index contributed by atoms with van der Waals surface area (Å²) in [5.41, 5.74) is 18.2. The summed E-state index contributed by atoms with van der Waals surface area (Å²) in [4.78, 5) is 2.44. The fraction of sp³-hybridized carbons (Fsp3) is 0.137. The van der Waals surface area contributed by atoms with Crippen molar-refractivity contribution >= 4 is 33.4 Å². The largest absolute Gasteiger partial charge is 0.310 e. The Hall–Kier alpha value is -5.92. The van der Waals surface area contributed by atoms with Crippen molar-refractivity contribution in [3.05, 3.63) is 203 Å². The molecular weight excluding hydrogens is 627 g/mol. The Balaban J connectivity index is 1.09. The molecule has 1 nitrogen and oxygen atoms in total. The van der Waals surface area contributed by atoms with Gasteiger partial charge in [-0.3, -0.25) is 0 Å². The Kier molecular flexibility index (Phi) is 7.81. The molecule has 2 aliphatic rings. The lowest BCUT2D eigenvalue weighted by molar-refractivity contribution is 0.653. The molecule has 0 saturated carbocycles. The average molecular weight is 670 g/mol. The molecule has 0 radical (unpaired) electrons. The van der Waals surface area contributed by atoms with Crippen LogP contribution < -0.4 is 4.90 Å². The van der Waals surface area contributed by atoms with Gasteiger partial charge in [0.1, 0.15) is 0 Å². The van der Waals surface area contributed by atoms with Gasteiger partial charge in [0.25, 0.3) is 0 Å². The molecule has 1 heteroatoms. The van der Waals surface area contributed by atoms with Crippen LogP contribution in [0.15, 0.2) is 175 Å². The van der Waals surface area contributed by atoms with E-state index in [0.717, 1.165) is 12.1 Å². The fourth-order valence-electron chi connectivity index (χ4n) is 8.86. The highest BCUT2D eigenvalue weighted by Crippen LogP contribution is 2.50. The van der Waals surface area contributed by atoms with Crippen LogP contribution >= 0.6 is 0 Å². The van der Waals surface area contributed by atoms with E-state index in [9.17, 15) is 0 Å². The smallest absolute Gasteiger partial charge is 0.0540 e. The summed E-state index contributed by atoms with van der Waals surface area (Å²) < 4.78 is 0. The number of allylic oxidation sites excluding steroid dienone is 4. The van der Waals surface area contributed by atoms with E-state index < -0.39 is 0 Å². The summed E-state index contributed by atoms with van der Waals surface area (Å²) in [6, 6.07) is 58.5. The number of hydrogen-bond donors (Lipinski definition) is 0. The van der Waals surface area contributed by atoms with Crippen LogP contribution in [0.5, 0.6) is 0 Å². The second-order valence-electron chi connectivity index (χ2n) is 14.8. The number of benzene rings is 7. The Morgan fingerprint density at radius 1 is 0.596 bits per heavy atom. The minimum atomic E-state index is -0.0792.